The van der Waals surface area contributed by atoms with Gasteiger partial charge < -0.3 is 19.5 Å². The highest BCUT2D eigenvalue weighted by Gasteiger charge is 2.41. The van der Waals surface area contributed by atoms with Crippen molar-refractivity contribution < 1.29 is 19.0 Å². The monoisotopic (exact) mass is 365 g/mol. The zero-order chi connectivity index (χ0) is 18.7. The SMILES string of the molecule is COC1CC2OC(C)(C)C=CC2CC1OCC(=O)NC1CCC(C)CC1. The summed E-state index contributed by atoms with van der Waals surface area (Å²) < 4.78 is 17.8. The average molecular weight is 366 g/mol. The molecule has 0 radical (unpaired) electrons. The van der Waals surface area contributed by atoms with Crippen molar-refractivity contribution in [1.82, 2.24) is 5.32 Å². The van der Waals surface area contributed by atoms with Gasteiger partial charge in [0.2, 0.25) is 5.91 Å². The topological polar surface area (TPSA) is 56.8 Å². The molecule has 5 heteroatoms. The summed E-state index contributed by atoms with van der Waals surface area (Å²) in [6.45, 7) is 6.57. The molecule has 2 saturated carbocycles. The van der Waals surface area contributed by atoms with E-state index in [0.717, 1.165) is 31.6 Å². The third kappa shape index (κ3) is 5.08. The van der Waals surface area contributed by atoms with Crippen LogP contribution in [0.4, 0.5) is 0 Å². The Morgan fingerprint density at radius 1 is 1.19 bits per heavy atom. The van der Waals surface area contributed by atoms with Gasteiger partial charge in [-0.05, 0) is 51.9 Å². The molecule has 0 saturated heterocycles. The smallest absolute Gasteiger partial charge is 0.246 e. The number of hydrogen-bond donors (Lipinski definition) is 1. The Morgan fingerprint density at radius 2 is 1.92 bits per heavy atom. The number of carbonyl (C=O) groups is 1. The maximum absolute atomic E-state index is 12.3. The van der Waals surface area contributed by atoms with Crippen LogP contribution < -0.4 is 5.32 Å². The normalized spacial score (nSPS) is 39.2. The molecule has 0 aromatic carbocycles. The first-order chi connectivity index (χ1) is 12.4. The fraction of sp³-hybridized carbons (Fsp3) is 0.857. The van der Waals surface area contributed by atoms with Crippen LogP contribution in [-0.2, 0) is 19.0 Å². The molecule has 3 rings (SSSR count). The zero-order valence-electron chi connectivity index (χ0n) is 16.7. The largest absolute Gasteiger partial charge is 0.379 e. The highest BCUT2D eigenvalue weighted by molar-refractivity contribution is 5.77. The van der Waals surface area contributed by atoms with Gasteiger partial charge >= 0.3 is 0 Å². The molecule has 2 fully saturated rings. The molecule has 0 aromatic heterocycles. The lowest BCUT2D eigenvalue weighted by atomic mass is 9.79. The minimum Gasteiger partial charge on any atom is -0.379 e. The average Bonchev–Trinajstić information content (AvgIpc) is 2.60. The molecule has 148 valence electrons. The van der Waals surface area contributed by atoms with E-state index in [-0.39, 0.29) is 36.4 Å². The number of rotatable bonds is 5. The molecule has 3 aliphatic rings. The van der Waals surface area contributed by atoms with Crippen molar-refractivity contribution in [3.63, 3.8) is 0 Å². The Bertz CT molecular complexity index is 510. The number of amides is 1. The van der Waals surface area contributed by atoms with E-state index in [4.69, 9.17) is 14.2 Å². The van der Waals surface area contributed by atoms with Gasteiger partial charge in [-0.15, -0.1) is 0 Å². The van der Waals surface area contributed by atoms with E-state index in [0.29, 0.717) is 12.0 Å². The van der Waals surface area contributed by atoms with Gasteiger partial charge in [0.05, 0.1) is 23.9 Å². The Labute approximate surface area is 157 Å². The second kappa shape index (κ2) is 8.41. The number of ether oxygens (including phenoxy) is 3. The van der Waals surface area contributed by atoms with Crippen molar-refractivity contribution in [2.24, 2.45) is 11.8 Å². The molecule has 4 unspecified atom stereocenters. The number of nitrogens with one attached hydrogen (secondary N) is 1. The highest BCUT2D eigenvalue weighted by atomic mass is 16.5. The second-order valence-electron chi connectivity index (χ2n) is 8.90. The van der Waals surface area contributed by atoms with Crippen LogP contribution in [0.5, 0.6) is 0 Å². The summed E-state index contributed by atoms with van der Waals surface area (Å²) in [6, 6.07) is 0.313. The first kappa shape index (κ1) is 19.8. The van der Waals surface area contributed by atoms with Gasteiger partial charge in [0.25, 0.3) is 0 Å². The van der Waals surface area contributed by atoms with E-state index in [1.807, 2.05) is 0 Å². The Kier molecular flexibility index (Phi) is 6.41. The van der Waals surface area contributed by atoms with Crippen LogP contribution in [0, 0.1) is 11.8 Å². The summed E-state index contributed by atoms with van der Waals surface area (Å²) in [5, 5.41) is 3.14. The first-order valence-corrected chi connectivity index (χ1v) is 10.2. The molecule has 1 amide bonds. The summed E-state index contributed by atoms with van der Waals surface area (Å²) in [7, 11) is 1.72. The Morgan fingerprint density at radius 3 is 2.62 bits per heavy atom. The number of hydrogen-bond acceptors (Lipinski definition) is 4. The third-order valence-corrected chi connectivity index (χ3v) is 6.17. The molecule has 0 bridgehead atoms. The van der Waals surface area contributed by atoms with Crippen LogP contribution in [0.2, 0.25) is 0 Å². The first-order valence-electron chi connectivity index (χ1n) is 10.2. The molecule has 2 aliphatic carbocycles. The van der Waals surface area contributed by atoms with E-state index < -0.39 is 0 Å². The van der Waals surface area contributed by atoms with Gasteiger partial charge in [-0.2, -0.15) is 0 Å². The molecule has 4 atom stereocenters. The van der Waals surface area contributed by atoms with Gasteiger partial charge in [0.1, 0.15) is 6.61 Å². The Hall–Kier alpha value is -0.910. The lowest BCUT2D eigenvalue weighted by Gasteiger charge is -2.44. The number of carbonyl (C=O) groups excluding carboxylic acids is 1. The van der Waals surface area contributed by atoms with E-state index in [1.54, 1.807) is 7.11 Å². The van der Waals surface area contributed by atoms with Crippen molar-refractivity contribution in [1.29, 1.82) is 0 Å². The van der Waals surface area contributed by atoms with Crippen molar-refractivity contribution in [2.75, 3.05) is 13.7 Å². The minimum absolute atomic E-state index is 0.00176. The van der Waals surface area contributed by atoms with Gasteiger partial charge in [-0.3, -0.25) is 4.79 Å². The molecule has 26 heavy (non-hydrogen) atoms. The molecule has 1 heterocycles. The maximum atomic E-state index is 12.3. The summed E-state index contributed by atoms with van der Waals surface area (Å²) in [5.41, 5.74) is -0.218. The van der Waals surface area contributed by atoms with Gasteiger partial charge in [-0.1, -0.05) is 19.1 Å². The summed E-state index contributed by atoms with van der Waals surface area (Å²) in [5.74, 6) is 1.12. The summed E-state index contributed by atoms with van der Waals surface area (Å²) in [4.78, 5) is 12.3. The predicted molar refractivity (Wildman–Crippen MR) is 101 cm³/mol. The minimum atomic E-state index is -0.218. The number of fused-ring (bicyclic) bond motifs is 1. The fourth-order valence-corrected chi connectivity index (χ4v) is 4.53. The fourth-order valence-electron chi connectivity index (χ4n) is 4.53. The van der Waals surface area contributed by atoms with Gasteiger partial charge in [0, 0.05) is 25.5 Å². The molecule has 1 aliphatic heterocycles. The molecular formula is C21H35NO4. The lowest BCUT2D eigenvalue weighted by molar-refractivity contribution is -0.160. The maximum Gasteiger partial charge on any atom is 0.246 e. The highest BCUT2D eigenvalue weighted by Crippen LogP contribution is 2.37. The van der Waals surface area contributed by atoms with Crippen molar-refractivity contribution in [3.05, 3.63) is 12.2 Å². The van der Waals surface area contributed by atoms with Crippen LogP contribution in [0.1, 0.15) is 59.3 Å². The van der Waals surface area contributed by atoms with E-state index in [1.165, 1.54) is 12.8 Å². The molecular weight excluding hydrogens is 330 g/mol. The van der Waals surface area contributed by atoms with E-state index in [2.05, 4.69) is 38.2 Å². The standard InChI is InChI=1S/C21H35NO4/c1-14-5-7-16(8-6-14)22-20(23)13-25-19-11-15-9-10-21(2,3)26-17(15)12-18(19)24-4/h9-10,14-19H,5-8,11-13H2,1-4H3,(H,22,23). The molecule has 5 nitrogen and oxygen atoms in total. The van der Waals surface area contributed by atoms with Crippen molar-refractivity contribution in [2.45, 2.75) is 89.3 Å². The predicted octanol–water partition coefficient (Wildman–Crippen LogP) is 3.23. The molecule has 0 spiro atoms. The van der Waals surface area contributed by atoms with Gasteiger partial charge in [0.15, 0.2) is 0 Å². The van der Waals surface area contributed by atoms with Gasteiger partial charge in [-0.25, -0.2) is 0 Å². The van der Waals surface area contributed by atoms with E-state index >= 15 is 0 Å². The van der Waals surface area contributed by atoms with Crippen LogP contribution in [-0.4, -0.2) is 49.6 Å². The third-order valence-electron chi connectivity index (χ3n) is 6.17. The van der Waals surface area contributed by atoms with Crippen LogP contribution in [0.3, 0.4) is 0 Å². The molecule has 0 aromatic rings. The van der Waals surface area contributed by atoms with Crippen molar-refractivity contribution in [3.8, 4) is 0 Å². The Balaban J connectivity index is 1.48. The molecule has 1 N–H and O–H groups in total. The lowest BCUT2D eigenvalue weighted by Crippen LogP contribution is -2.49. The number of methoxy groups -OCH3 is 1. The van der Waals surface area contributed by atoms with Crippen LogP contribution >= 0.6 is 0 Å². The quantitative estimate of drug-likeness (QED) is 0.760. The summed E-state index contributed by atoms with van der Waals surface area (Å²) >= 11 is 0. The van der Waals surface area contributed by atoms with Crippen LogP contribution in [0.15, 0.2) is 12.2 Å². The van der Waals surface area contributed by atoms with E-state index in [9.17, 15) is 4.79 Å². The van der Waals surface area contributed by atoms with Crippen molar-refractivity contribution >= 4 is 5.91 Å². The summed E-state index contributed by atoms with van der Waals surface area (Å²) in [6.07, 6.45) is 10.7. The van der Waals surface area contributed by atoms with Crippen LogP contribution in [0.25, 0.3) is 0 Å². The zero-order valence-corrected chi connectivity index (χ0v) is 16.7. The second-order valence-corrected chi connectivity index (χ2v) is 8.90.